The van der Waals surface area contributed by atoms with Gasteiger partial charge >= 0.3 is 23.9 Å². The molecule has 2 rings (SSSR count). The Morgan fingerprint density at radius 2 is 1.06 bits per heavy atom. The van der Waals surface area contributed by atoms with Crippen molar-refractivity contribution in [2.75, 3.05) is 13.2 Å². The van der Waals surface area contributed by atoms with E-state index < -0.39 is 23.9 Å². The number of ether oxygens (including phenoxy) is 3. The Hall–Kier alpha value is -4.46. The molecule has 0 saturated carbocycles. The van der Waals surface area contributed by atoms with Gasteiger partial charge in [0.05, 0.1) is 28.5 Å². The number of benzene rings is 2. The van der Waals surface area contributed by atoms with Crippen LogP contribution in [0.3, 0.4) is 0 Å². The highest BCUT2D eigenvalue weighted by Gasteiger charge is 2.18. The van der Waals surface area contributed by atoms with E-state index in [9.17, 15) is 19.2 Å². The third-order valence-electron chi connectivity index (χ3n) is 3.60. The first-order valence-corrected chi connectivity index (χ1v) is 9.16. The van der Waals surface area contributed by atoms with E-state index in [4.69, 9.17) is 14.6 Å². The van der Waals surface area contributed by atoms with Crippen molar-refractivity contribution in [2.24, 2.45) is 0 Å². The average molecular weight is 438 g/mol. The molecule has 0 aromatic heterocycles. The lowest BCUT2D eigenvalue weighted by Crippen LogP contribution is -2.14. The number of carboxylic acids is 1. The minimum atomic E-state index is -1.17. The molecular formula is C24H22O8. The summed E-state index contributed by atoms with van der Waals surface area (Å²) in [6.45, 7) is 10.3. The second-order valence-corrected chi connectivity index (χ2v) is 5.74. The van der Waals surface area contributed by atoms with Crippen LogP contribution in [0, 0.1) is 0 Å². The predicted octanol–water partition coefficient (Wildman–Crippen LogP) is 4.06. The Labute approximate surface area is 185 Å². The number of rotatable bonds is 9. The molecule has 0 aliphatic rings. The van der Waals surface area contributed by atoms with Crippen LogP contribution >= 0.6 is 0 Å². The van der Waals surface area contributed by atoms with Crippen LogP contribution in [0.4, 0.5) is 0 Å². The summed E-state index contributed by atoms with van der Waals surface area (Å²) in [6, 6.07) is 12.1. The molecule has 0 radical (unpaired) electrons. The van der Waals surface area contributed by atoms with Gasteiger partial charge < -0.3 is 19.3 Å². The Morgan fingerprint density at radius 3 is 1.41 bits per heavy atom. The van der Waals surface area contributed by atoms with E-state index in [0.717, 1.165) is 6.26 Å². The number of hydrogen-bond acceptors (Lipinski definition) is 7. The largest absolute Gasteiger partial charge is 0.478 e. The zero-order chi connectivity index (χ0) is 23.9. The summed E-state index contributed by atoms with van der Waals surface area (Å²) >= 11 is 0. The SMILES string of the molecule is C=CCOC(=O)c1ccccc1C(=O)OCC=C.C=COC(=O)c1ccccc1C(=O)O. The van der Waals surface area contributed by atoms with Crippen LogP contribution in [0.15, 0.2) is 86.7 Å². The fourth-order valence-electron chi connectivity index (χ4n) is 2.25. The van der Waals surface area contributed by atoms with Crippen molar-refractivity contribution in [1.29, 1.82) is 0 Å². The van der Waals surface area contributed by atoms with Gasteiger partial charge in [0.2, 0.25) is 0 Å². The summed E-state index contributed by atoms with van der Waals surface area (Å²) in [5.74, 6) is -3.05. The van der Waals surface area contributed by atoms with Crippen molar-refractivity contribution < 1.29 is 38.5 Å². The molecule has 0 amide bonds. The molecule has 8 nitrogen and oxygen atoms in total. The van der Waals surface area contributed by atoms with Gasteiger partial charge in [0, 0.05) is 0 Å². The van der Waals surface area contributed by atoms with Crippen LogP contribution in [0.2, 0.25) is 0 Å². The van der Waals surface area contributed by atoms with E-state index in [1.807, 2.05) is 0 Å². The topological polar surface area (TPSA) is 116 Å². The van der Waals surface area contributed by atoms with Crippen molar-refractivity contribution >= 4 is 23.9 Å². The molecule has 1 N–H and O–H groups in total. The van der Waals surface area contributed by atoms with Gasteiger partial charge in [-0.15, -0.1) is 0 Å². The fourth-order valence-corrected chi connectivity index (χ4v) is 2.25. The molecule has 0 aliphatic carbocycles. The molecule has 2 aromatic rings. The monoisotopic (exact) mass is 438 g/mol. The molecule has 0 unspecified atom stereocenters. The quantitative estimate of drug-likeness (QED) is 0.270. The number of carboxylic acid groups (broad SMARTS) is 1. The summed E-state index contributed by atoms with van der Waals surface area (Å²) in [7, 11) is 0. The highest BCUT2D eigenvalue weighted by atomic mass is 16.5. The molecule has 166 valence electrons. The van der Waals surface area contributed by atoms with Crippen molar-refractivity contribution in [3.8, 4) is 0 Å². The molecule has 2 aromatic carbocycles. The van der Waals surface area contributed by atoms with Gasteiger partial charge in [-0.25, -0.2) is 19.2 Å². The van der Waals surface area contributed by atoms with Gasteiger partial charge in [-0.1, -0.05) is 56.2 Å². The van der Waals surface area contributed by atoms with Crippen LogP contribution in [-0.2, 0) is 14.2 Å². The van der Waals surface area contributed by atoms with Gasteiger partial charge in [0.1, 0.15) is 13.2 Å². The van der Waals surface area contributed by atoms with Gasteiger partial charge in [0.25, 0.3) is 0 Å². The molecule has 0 heterocycles. The van der Waals surface area contributed by atoms with Crippen LogP contribution in [-0.4, -0.2) is 42.2 Å². The molecule has 0 spiro atoms. The van der Waals surface area contributed by atoms with Gasteiger partial charge in [-0.05, 0) is 24.3 Å². The van der Waals surface area contributed by atoms with Gasteiger partial charge in [-0.2, -0.15) is 0 Å². The number of aromatic carboxylic acids is 1. The minimum absolute atomic E-state index is 0.0138. The first kappa shape index (κ1) is 25.6. The molecule has 0 saturated heterocycles. The number of esters is 3. The second kappa shape index (κ2) is 13.7. The fraction of sp³-hybridized carbons (Fsp3) is 0.0833. The molecule has 0 bridgehead atoms. The molecular weight excluding hydrogens is 416 g/mol. The van der Waals surface area contributed by atoms with Crippen LogP contribution in [0.25, 0.3) is 0 Å². The highest BCUT2D eigenvalue weighted by Crippen LogP contribution is 2.12. The Kier molecular flexibility index (Phi) is 11.0. The second-order valence-electron chi connectivity index (χ2n) is 5.74. The van der Waals surface area contributed by atoms with Crippen molar-refractivity contribution in [3.05, 3.63) is 109 Å². The number of carbonyl (C=O) groups is 4. The summed E-state index contributed by atoms with van der Waals surface area (Å²) in [5, 5.41) is 8.75. The van der Waals surface area contributed by atoms with E-state index in [-0.39, 0.29) is 35.5 Å². The first-order chi connectivity index (χ1) is 15.4. The summed E-state index contributed by atoms with van der Waals surface area (Å²) in [4.78, 5) is 45.3. The maximum Gasteiger partial charge on any atom is 0.343 e. The maximum atomic E-state index is 11.7. The van der Waals surface area contributed by atoms with Crippen LogP contribution < -0.4 is 0 Å². The molecule has 32 heavy (non-hydrogen) atoms. The van der Waals surface area contributed by atoms with E-state index in [0.29, 0.717) is 0 Å². The zero-order valence-corrected chi connectivity index (χ0v) is 17.2. The highest BCUT2D eigenvalue weighted by molar-refractivity contribution is 6.03. The molecule has 0 fully saturated rings. The lowest BCUT2D eigenvalue weighted by Gasteiger charge is -2.07. The predicted molar refractivity (Wildman–Crippen MR) is 116 cm³/mol. The van der Waals surface area contributed by atoms with E-state index >= 15 is 0 Å². The smallest absolute Gasteiger partial charge is 0.343 e. The lowest BCUT2D eigenvalue weighted by molar-refractivity contribution is 0.0503. The average Bonchev–Trinajstić information content (AvgIpc) is 2.81. The van der Waals surface area contributed by atoms with Crippen LogP contribution in [0.1, 0.15) is 41.4 Å². The Morgan fingerprint density at radius 1 is 0.688 bits per heavy atom. The van der Waals surface area contributed by atoms with Gasteiger partial charge in [0.15, 0.2) is 0 Å². The Balaban J connectivity index is 0.000000330. The third-order valence-corrected chi connectivity index (χ3v) is 3.60. The number of hydrogen-bond donors (Lipinski definition) is 1. The third kappa shape index (κ3) is 7.75. The molecule has 0 atom stereocenters. The van der Waals surface area contributed by atoms with Crippen molar-refractivity contribution in [3.63, 3.8) is 0 Å². The van der Waals surface area contributed by atoms with Crippen molar-refractivity contribution in [2.45, 2.75) is 0 Å². The number of carbonyl (C=O) groups excluding carboxylic acids is 3. The lowest BCUT2D eigenvalue weighted by atomic mass is 10.1. The molecule has 0 aliphatic heterocycles. The van der Waals surface area contributed by atoms with E-state index in [1.54, 1.807) is 18.2 Å². The maximum absolute atomic E-state index is 11.7. The first-order valence-electron chi connectivity index (χ1n) is 9.16. The summed E-state index contributed by atoms with van der Waals surface area (Å²) < 4.78 is 14.3. The Bertz CT molecular complexity index is 964. The van der Waals surface area contributed by atoms with E-state index in [2.05, 4.69) is 24.5 Å². The zero-order valence-electron chi connectivity index (χ0n) is 17.2. The van der Waals surface area contributed by atoms with Gasteiger partial charge in [-0.3, -0.25) is 0 Å². The summed E-state index contributed by atoms with van der Waals surface area (Å²) in [5.41, 5.74) is 0.279. The van der Waals surface area contributed by atoms with E-state index in [1.165, 1.54) is 42.5 Å². The van der Waals surface area contributed by atoms with Crippen molar-refractivity contribution in [1.82, 2.24) is 0 Å². The normalized spacial score (nSPS) is 9.25. The standard InChI is InChI=1S/C14H14O4.C10H8O4/c1-3-9-17-13(15)11-7-5-6-8-12(11)14(16)18-10-4-2;1-2-14-10(13)8-6-4-3-5-7(8)9(11)12/h3-8H,1-2,9-10H2;2-6H,1H2,(H,11,12). The molecule has 8 heteroatoms. The minimum Gasteiger partial charge on any atom is -0.478 e. The van der Waals surface area contributed by atoms with Crippen LogP contribution in [0.5, 0.6) is 0 Å². The summed E-state index contributed by atoms with van der Waals surface area (Å²) in [6.07, 6.45) is 3.87.